The predicted octanol–water partition coefficient (Wildman–Crippen LogP) is 2.76. The lowest BCUT2D eigenvalue weighted by atomic mass is 10.3. The van der Waals surface area contributed by atoms with E-state index in [9.17, 15) is 4.79 Å². The Morgan fingerprint density at radius 2 is 2.29 bits per heavy atom. The van der Waals surface area contributed by atoms with Crippen LogP contribution in [0.2, 0.25) is 5.02 Å². The molecule has 0 heterocycles. The molecule has 1 saturated carbocycles. The van der Waals surface area contributed by atoms with Gasteiger partial charge in [0.05, 0.1) is 0 Å². The molecule has 1 aliphatic carbocycles. The summed E-state index contributed by atoms with van der Waals surface area (Å²) in [5, 5.41) is 4.35. The Balaban J connectivity index is 1.80. The zero-order valence-electron chi connectivity index (χ0n) is 9.21. The lowest BCUT2D eigenvalue weighted by Gasteiger charge is -2.14. The first-order chi connectivity index (χ1) is 8.13. The summed E-state index contributed by atoms with van der Waals surface area (Å²) in [6, 6.07) is 7.01. The fraction of sp³-hybridized carbons (Fsp3) is 0.417. The smallest absolute Gasteiger partial charge is 0.258 e. The molecule has 2 rings (SSSR count). The third-order valence-corrected chi connectivity index (χ3v) is 3.99. The van der Waals surface area contributed by atoms with E-state index in [2.05, 4.69) is 21.2 Å². The Labute approximate surface area is 114 Å². The average molecular weight is 319 g/mol. The molecule has 3 nitrogen and oxygen atoms in total. The van der Waals surface area contributed by atoms with E-state index in [-0.39, 0.29) is 18.1 Å². The lowest BCUT2D eigenvalue weighted by Crippen LogP contribution is -2.40. The number of rotatable bonds is 5. The van der Waals surface area contributed by atoms with Crippen LogP contribution >= 0.6 is 27.5 Å². The summed E-state index contributed by atoms with van der Waals surface area (Å²) in [7, 11) is 0. The van der Waals surface area contributed by atoms with Crippen LogP contribution in [0.1, 0.15) is 12.8 Å². The average Bonchev–Trinajstić information content (AvgIpc) is 3.07. The van der Waals surface area contributed by atoms with Crippen LogP contribution in [-0.4, -0.2) is 23.4 Å². The first-order valence-corrected chi connectivity index (χ1v) is 6.89. The lowest BCUT2D eigenvalue weighted by molar-refractivity contribution is -0.123. The maximum atomic E-state index is 11.6. The minimum Gasteiger partial charge on any atom is -0.484 e. The van der Waals surface area contributed by atoms with Gasteiger partial charge in [-0.05, 0) is 31.0 Å². The molecular formula is C12H13BrClNO2. The second-order valence-corrected chi connectivity index (χ2v) is 5.21. The van der Waals surface area contributed by atoms with E-state index in [0.29, 0.717) is 10.8 Å². The number of carbonyl (C=O) groups excluding carboxylic acids is 1. The molecule has 0 bridgehead atoms. The number of halogens is 2. The fourth-order valence-electron chi connectivity index (χ4n) is 1.48. The maximum Gasteiger partial charge on any atom is 0.258 e. The van der Waals surface area contributed by atoms with Gasteiger partial charge in [0.15, 0.2) is 6.61 Å². The van der Waals surface area contributed by atoms with Crippen LogP contribution in [0.15, 0.2) is 24.3 Å². The van der Waals surface area contributed by atoms with E-state index < -0.39 is 0 Å². The second kappa shape index (κ2) is 5.27. The van der Waals surface area contributed by atoms with Crippen molar-refractivity contribution in [2.45, 2.75) is 18.4 Å². The van der Waals surface area contributed by atoms with Crippen molar-refractivity contribution >= 4 is 33.4 Å². The van der Waals surface area contributed by atoms with Gasteiger partial charge < -0.3 is 10.1 Å². The standard InChI is InChI=1S/C12H13BrClNO2/c13-8-12(4-5-12)15-11(16)7-17-10-3-1-2-9(14)6-10/h1-3,6H,4-5,7-8H2,(H,15,16). The van der Waals surface area contributed by atoms with Crippen LogP contribution in [-0.2, 0) is 4.79 Å². The van der Waals surface area contributed by atoms with E-state index in [1.807, 2.05) is 0 Å². The van der Waals surface area contributed by atoms with Crippen LogP contribution in [0.3, 0.4) is 0 Å². The minimum atomic E-state index is -0.0954. The summed E-state index contributed by atoms with van der Waals surface area (Å²) in [6.45, 7) is 0.0229. The highest BCUT2D eigenvalue weighted by molar-refractivity contribution is 9.09. The van der Waals surface area contributed by atoms with E-state index >= 15 is 0 Å². The molecular weight excluding hydrogens is 305 g/mol. The molecule has 5 heteroatoms. The highest BCUT2D eigenvalue weighted by atomic mass is 79.9. The monoisotopic (exact) mass is 317 g/mol. The van der Waals surface area contributed by atoms with Crippen LogP contribution in [0.4, 0.5) is 0 Å². The van der Waals surface area contributed by atoms with Gasteiger partial charge in [0.1, 0.15) is 5.75 Å². The number of benzene rings is 1. The number of nitrogens with one attached hydrogen (secondary N) is 1. The Bertz CT molecular complexity index is 421. The fourth-order valence-corrected chi connectivity index (χ4v) is 2.36. The van der Waals surface area contributed by atoms with Gasteiger partial charge in [-0.3, -0.25) is 4.79 Å². The van der Waals surface area contributed by atoms with E-state index in [0.717, 1.165) is 18.2 Å². The summed E-state index contributed by atoms with van der Waals surface area (Å²) in [4.78, 5) is 11.6. The van der Waals surface area contributed by atoms with Crippen LogP contribution in [0, 0.1) is 0 Å². The van der Waals surface area contributed by atoms with Gasteiger partial charge in [-0.2, -0.15) is 0 Å². The Hall–Kier alpha value is -0.740. The number of ether oxygens (including phenoxy) is 1. The summed E-state index contributed by atoms with van der Waals surface area (Å²) in [5.74, 6) is 0.512. The molecule has 1 aromatic carbocycles. The highest BCUT2D eigenvalue weighted by Crippen LogP contribution is 2.36. The minimum absolute atomic E-state index is 0.0229. The molecule has 1 aromatic rings. The molecule has 0 radical (unpaired) electrons. The third-order valence-electron chi connectivity index (χ3n) is 2.68. The highest BCUT2D eigenvalue weighted by Gasteiger charge is 2.42. The SMILES string of the molecule is O=C(COc1cccc(Cl)c1)NC1(CBr)CC1. The van der Waals surface area contributed by atoms with Crippen molar-refractivity contribution in [3.63, 3.8) is 0 Å². The summed E-state index contributed by atoms with van der Waals surface area (Å²) >= 11 is 9.21. The topological polar surface area (TPSA) is 38.3 Å². The van der Waals surface area contributed by atoms with Crippen molar-refractivity contribution < 1.29 is 9.53 Å². The van der Waals surface area contributed by atoms with Gasteiger partial charge in [0.2, 0.25) is 0 Å². The Kier molecular flexibility index (Phi) is 3.94. The van der Waals surface area contributed by atoms with Gasteiger partial charge in [-0.25, -0.2) is 0 Å². The zero-order valence-corrected chi connectivity index (χ0v) is 11.6. The molecule has 17 heavy (non-hydrogen) atoms. The summed E-state index contributed by atoms with van der Waals surface area (Å²) in [5.41, 5.74) is -0.0330. The van der Waals surface area contributed by atoms with Crippen LogP contribution in [0.5, 0.6) is 5.75 Å². The Morgan fingerprint density at radius 1 is 1.53 bits per heavy atom. The number of hydrogen-bond donors (Lipinski definition) is 1. The predicted molar refractivity (Wildman–Crippen MR) is 70.8 cm³/mol. The summed E-state index contributed by atoms with van der Waals surface area (Å²) in [6.07, 6.45) is 2.06. The van der Waals surface area contributed by atoms with Gasteiger partial charge in [0, 0.05) is 15.9 Å². The van der Waals surface area contributed by atoms with E-state index in [4.69, 9.17) is 16.3 Å². The number of hydrogen-bond acceptors (Lipinski definition) is 2. The Morgan fingerprint density at radius 3 is 2.88 bits per heavy atom. The molecule has 0 atom stereocenters. The first kappa shape index (κ1) is 12.7. The number of carbonyl (C=O) groups is 1. The molecule has 0 aliphatic heterocycles. The number of alkyl halides is 1. The molecule has 0 unspecified atom stereocenters. The molecule has 0 aromatic heterocycles. The van der Waals surface area contributed by atoms with Crippen molar-refractivity contribution in [3.8, 4) is 5.75 Å². The van der Waals surface area contributed by atoms with Crippen LogP contribution in [0.25, 0.3) is 0 Å². The van der Waals surface area contributed by atoms with E-state index in [1.165, 1.54) is 0 Å². The van der Waals surface area contributed by atoms with Crippen LogP contribution < -0.4 is 10.1 Å². The van der Waals surface area contributed by atoms with Crippen molar-refractivity contribution in [2.24, 2.45) is 0 Å². The van der Waals surface area contributed by atoms with E-state index in [1.54, 1.807) is 24.3 Å². The zero-order chi connectivity index (χ0) is 12.3. The van der Waals surface area contributed by atoms with Gasteiger partial charge >= 0.3 is 0 Å². The molecule has 1 N–H and O–H groups in total. The third kappa shape index (κ3) is 3.61. The molecule has 0 spiro atoms. The van der Waals surface area contributed by atoms with Crippen molar-refractivity contribution in [2.75, 3.05) is 11.9 Å². The van der Waals surface area contributed by atoms with Gasteiger partial charge in [-0.1, -0.05) is 33.6 Å². The molecule has 1 fully saturated rings. The summed E-state index contributed by atoms with van der Waals surface area (Å²) < 4.78 is 5.35. The second-order valence-electron chi connectivity index (χ2n) is 4.21. The molecule has 92 valence electrons. The van der Waals surface area contributed by atoms with Crippen molar-refractivity contribution in [3.05, 3.63) is 29.3 Å². The molecule has 1 aliphatic rings. The number of amides is 1. The molecule has 0 saturated heterocycles. The van der Waals surface area contributed by atoms with Crippen molar-refractivity contribution in [1.29, 1.82) is 0 Å². The largest absolute Gasteiger partial charge is 0.484 e. The normalized spacial score (nSPS) is 16.4. The maximum absolute atomic E-state index is 11.6. The molecule has 1 amide bonds. The quantitative estimate of drug-likeness (QED) is 0.848. The van der Waals surface area contributed by atoms with Gasteiger partial charge in [-0.15, -0.1) is 0 Å². The first-order valence-electron chi connectivity index (χ1n) is 5.39. The van der Waals surface area contributed by atoms with Crippen molar-refractivity contribution in [1.82, 2.24) is 5.32 Å². The van der Waals surface area contributed by atoms with Gasteiger partial charge in [0.25, 0.3) is 5.91 Å².